The molecule has 3 N–H and O–H groups in total. The van der Waals surface area contributed by atoms with Crippen molar-refractivity contribution in [3.05, 3.63) is 29.3 Å². The molecule has 0 unspecified atom stereocenters. The van der Waals surface area contributed by atoms with Gasteiger partial charge in [0.25, 0.3) is 0 Å². The molecule has 6 nitrogen and oxygen atoms in total. The topological polar surface area (TPSA) is 79.5 Å². The molecule has 0 radical (unpaired) electrons. The van der Waals surface area contributed by atoms with Gasteiger partial charge in [-0.25, -0.2) is 9.59 Å². The maximum absolute atomic E-state index is 12.0. The molecule has 0 aliphatic rings. The van der Waals surface area contributed by atoms with Crippen LogP contribution in [-0.4, -0.2) is 30.8 Å². The molecule has 0 heterocycles. The van der Waals surface area contributed by atoms with Crippen LogP contribution in [0, 0.1) is 6.92 Å². The van der Waals surface area contributed by atoms with Gasteiger partial charge < -0.3 is 20.7 Å². The van der Waals surface area contributed by atoms with Crippen LogP contribution in [0.2, 0.25) is 0 Å². The Morgan fingerprint density at radius 3 is 2.33 bits per heavy atom. The number of alkyl carbamates (subject to hydrolysis) is 1. The van der Waals surface area contributed by atoms with Gasteiger partial charge in [0.2, 0.25) is 0 Å². The summed E-state index contributed by atoms with van der Waals surface area (Å²) in [6.45, 7) is 12.1. The summed E-state index contributed by atoms with van der Waals surface area (Å²) in [7, 11) is 0. The molecule has 1 rings (SSSR count). The van der Waals surface area contributed by atoms with Gasteiger partial charge in [0.05, 0.1) is 0 Å². The summed E-state index contributed by atoms with van der Waals surface area (Å²) in [6, 6.07) is 5.67. The van der Waals surface area contributed by atoms with E-state index in [0.29, 0.717) is 19.0 Å². The molecule has 0 saturated heterocycles. The van der Waals surface area contributed by atoms with E-state index in [-0.39, 0.29) is 6.03 Å². The molecule has 0 aliphatic heterocycles. The highest BCUT2D eigenvalue weighted by atomic mass is 16.6. The van der Waals surface area contributed by atoms with Crippen LogP contribution in [0.4, 0.5) is 15.3 Å². The first-order chi connectivity index (χ1) is 11.1. The summed E-state index contributed by atoms with van der Waals surface area (Å²) in [6.07, 6.45) is -0.495. The third-order valence-corrected chi connectivity index (χ3v) is 3.24. The third kappa shape index (κ3) is 6.89. The van der Waals surface area contributed by atoms with Crippen molar-refractivity contribution in [2.24, 2.45) is 0 Å². The number of nitrogens with one attached hydrogen (secondary N) is 3. The molecule has 1 aromatic rings. The minimum absolute atomic E-state index is 0.294. The number of hydrogen-bond acceptors (Lipinski definition) is 3. The smallest absolute Gasteiger partial charge is 0.407 e. The van der Waals surface area contributed by atoms with E-state index in [9.17, 15) is 9.59 Å². The molecule has 6 heteroatoms. The second-order valence-electron chi connectivity index (χ2n) is 7.00. The quantitative estimate of drug-likeness (QED) is 0.717. The number of rotatable bonds is 5. The summed E-state index contributed by atoms with van der Waals surface area (Å²) in [4.78, 5) is 23.5. The number of urea groups is 1. The molecular formula is C18H29N3O3. The Morgan fingerprint density at radius 1 is 1.12 bits per heavy atom. The van der Waals surface area contributed by atoms with E-state index in [4.69, 9.17) is 4.74 Å². The molecule has 0 spiro atoms. The van der Waals surface area contributed by atoms with Gasteiger partial charge in [-0.2, -0.15) is 0 Å². The number of carbonyl (C=O) groups excluding carboxylic acids is 2. The monoisotopic (exact) mass is 335 g/mol. The predicted molar refractivity (Wildman–Crippen MR) is 96.5 cm³/mol. The largest absolute Gasteiger partial charge is 0.444 e. The van der Waals surface area contributed by atoms with Crippen molar-refractivity contribution in [2.45, 2.75) is 53.1 Å². The maximum Gasteiger partial charge on any atom is 0.407 e. The van der Waals surface area contributed by atoms with E-state index in [0.717, 1.165) is 16.8 Å². The van der Waals surface area contributed by atoms with Crippen LogP contribution in [0.25, 0.3) is 0 Å². The van der Waals surface area contributed by atoms with Gasteiger partial charge in [-0.05, 0) is 44.7 Å². The first-order valence-electron chi connectivity index (χ1n) is 8.21. The number of para-hydroxylation sites is 1. The zero-order valence-electron chi connectivity index (χ0n) is 15.4. The van der Waals surface area contributed by atoms with E-state index in [1.807, 2.05) is 25.1 Å². The highest BCUT2D eigenvalue weighted by molar-refractivity contribution is 5.91. The summed E-state index contributed by atoms with van der Waals surface area (Å²) < 4.78 is 5.12. The van der Waals surface area contributed by atoms with Crippen LogP contribution in [0.15, 0.2) is 18.2 Å². The number of ether oxygens (including phenoxy) is 1. The second kappa shape index (κ2) is 8.57. The maximum atomic E-state index is 12.0. The van der Waals surface area contributed by atoms with Gasteiger partial charge in [0.1, 0.15) is 5.60 Å². The fraction of sp³-hybridized carbons (Fsp3) is 0.556. The normalized spacial score (nSPS) is 11.1. The standard InChI is InChI=1S/C18H29N3O3/c1-12(2)14-9-7-8-13(3)15(14)21-16(22)19-10-11-20-17(23)24-18(4,5)6/h7-9,12H,10-11H2,1-6H3,(H,20,23)(H2,19,21,22). The minimum atomic E-state index is -0.535. The number of anilines is 1. The summed E-state index contributed by atoms with van der Waals surface area (Å²) in [5.41, 5.74) is 2.41. The highest BCUT2D eigenvalue weighted by Crippen LogP contribution is 2.27. The van der Waals surface area contributed by atoms with E-state index in [1.165, 1.54) is 0 Å². The third-order valence-electron chi connectivity index (χ3n) is 3.24. The van der Waals surface area contributed by atoms with Crippen LogP contribution in [0.1, 0.15) is 51.7 Å². The van der Waals surface area contributed by atoms with Crippen LogP contribution in [0.5, 0.6) is 0 Å². The Labute approximate surface area is 144 Å². The number of benzene rings is 1. The van der Waals surface area contributed by atoms with Crippen LogP contribution in [0.3, 0.4) is 0 Å². The van der Waals surface area contributed by atoms with Crippen molar-refractivity contribution >= 4 is 17.8 Å². The van der Waals surface area contributed by atoms with Crippen LogP contribution < -0.4 is 16.0 Å². The van der Waals surface area contributed by atoms with Gasteiger partial charge in [-0.1, -0.05) is 32.0 Å². The molecule has 0 bridgehead atoms. The predicted octanol–water partition coefficient (Wildman–Crippen LogP) is 3.76. The Hall–Kier alpha value is -2.24. The molecule has 134 valence electrons. The lowest BCUT2D eigenvalue weighted by atomic mass is 9.98. The molecule has 0 saturated carbocycles. The Bertz CT molecular complexity index is 577. The van der Waals surface area contributed by atoms with Crippen LogP contribution >= 0.6 is 0 Å². The van der Waals surface area contributed by atoms with Crippen molar-refractivity contribution in [1.29, 1.82) is 0 Å². The zero-order chi connectivity index (χ0) is 18.3. The van der Waals surface area contributed by atoms with Gasteiger partial charge in [-0.15, -0.1) is 0 Å². The van der Waals surface area contributed by atoms with Crippen molar-refractivity contribution in [3.63, 3.8) is 0 Å². The lowest BCUT2D eigenvalue weighted by molar-refractivity contribution is 0.0528. The molecular weight excluding hydrogens is 306 g/mol. The van der Waals surface area contributed by atoms with Crippen molar-refractivity contribution in [2.75, 3.05) is 18.4 Å². The van der Waals surface area contributed by atoms with Gasteiger partial charge in [0, 0.05) is 18.8 Å². The van der Waals surface area contributed by atoms with Gasteiger partial charge in [0.15, 0.2) is 0 Å². The average molecular weight is 335 g/mol. The fourth-order valence-electron chi connectivity index (χ4n) is 2.15. The number of aryl methyl sites for hydroxylation is 1. The van der Waals surface area contributed by atoms with Crippen molar-refractivity contribution < 1.29 is 14.3 Å². The van der Waals surface area contributed by atoms with E-state index in [1.54, 1.807) is 20.8 Å². The summed E-state index contributed by atoms with van der Waals surface area (Å²) >= 11 is 0. The Morgan fingerprint density at radius 2 is 1.75 bits per heavy atom. The van der Waals surface area contributed by atoms with Crippen molar-refractivity contribution in [3.8, 4) is 0 Å². The van der Waals surface area contributed by atoms with E-state index >= 15 is 0 Å². The minimum Gasteiger partial charge on any atom is -0.444 e. The molecule has 0 fully saturated rings. The molecule has 1 aromatic carbocycles. The summed E-state index contributed by atoms with van der Waals surface area (Å²) in [5.74, 6) is 0.314. The van der Waals surface area contributed by atoms with E-state index in [2.05, 4.69) is 29.8 Å². The molecule has 0 aromatic heterocycles. The lowest BCUT2D eigenvalue weighted by Crippen LogP contribution is -2.39. The van der Waals surface area contributed by atoms with Crippen molar-refractivity contribution in [1.82, 2.24) is 10.6 Å². The number of hydrogen-bond donors (Lipinski definition) is 3. The number of carbonyl (C=O) groups is 2. The first-order valence-corrected chi connectivity index (χ1v) is 8.21. The van der Waals surface area contributed by atoms with E-state index < -0.39 is 11.7 Å². The molecule has 0 aliphatic carbocycles. The molecule has 24 heavy (non-hydrogen) atoms. The molecule has 3 amide bonds. The van der Waals surface area contributed by atoms with Crippen LogP contribution in [-0.2, 0) is 4.74 Å². The zero-order valence-corrected chi connectivity index (χ0v) is 15.4. The van der Waals surface area contributed by atoms with Gasteiger partial charge >= 0.3 is 12.1 Å². The highest BCUT2D eigenvalue weighted by Gasteiger charge is 2.15. The summed E-state index contributed by atoms with van der Waals surface area (Å²) in [5, 5.41) is 8.21. The average Bonchev–Trinajstić information content (AvgIpc) is 2.43. The lowest BCUT2D eigenvalue weighted by Gasteiger charge is -2.20. The fourth-order valence-corrected chi connectivity index (χ4v) is 2.15. The first kappa shape index (κ1) is 19.8. The Kier molecular flexibility index (Phi) is 7.07. The SMILES string of the molecule is Cc1cccc(C(C)C)c1NC(=O)NCCNC(=O)OC(C)(C)C. The van der Waals surface area contributed by atoms with Gasteiger partial charge in [-0.3, -0.25) is 0 Å². The second-order valence-corrected chi connectivity index (χ2v) is 7.00. The Balaban J connectivity index is 2.44. The molecule has 0 atom stereocenters. The number of amides is 3.